The van der Waals surface area contributed by atoms with Gasteiger partial charge in [0.25, 0.3) is 0 Å². The van der Waals surface area contributed by atoms with Gasteiger partial charge in [-0.3, -0.25) is 9.89 Å². The number of nitrogens with one attached hydrogen (secondary N) is 1. The van der Waals surface area contributed by atoms with Crippen molar-refractivity contribution in [3.05, 3.63) is 60.2 Å². The second kappa shape index (κ2) is 10.7. The summed E-state index contributed by atoms with van der Waals surface area (Å²) in [4.78, 5) is 6.84. The van der Waals surface area contributed by atoms with Gasteiger partial charge >= 0.3 is 0 Å². The highest BCUT2D eigenvalue weighted by atomic mass is 16.5. The van der Waals surface area contributed by atoms with Gasteiger partial charge in [0, 0.05) is 32.7 Å². The molecule has 0 bridgehead atoms. The van der Waals surface area contributed by atoms with Gasteiger partial charge in [-0.15, -0.1) is 0 Å². The van der Waals surface area contributed by atoms with Crippen LogP contribution in [-0.2, 0) is 11.2 Å². The first-order valence-electron chi connectivity index (χ1n) is 9.79. The molecule has 3 N–H and O–H groups in total. The molecule has 1 saturated heterocycles. The Hall–Kier alpha value is -2.37. The average molecular weight is 367 g/mol. The molecular formula is C22H30N4O. The van der Waals surface area contributed by atoms with E-state index in [0.29, 0.717) is 5.96 Å². The minimum absolute atomic E-state index is 0.540. The van der Waals surface area contributed by atoms with Crippen LogP contribution in [0.5, 0.6) is 0 Å². The quantitative estimate of drug-likeness (QED) is 0.428. The third kappa shape index (κ3) is 6.70. The number of nitrogens with zero attached hydrogens (tertiary/aromatic N) is 2. The van der Waals surface area contributed by atoms with E-state index in [2.05, 4.69) is 63.7 Å². The van der Waals surface area contributed by atoms with E-state index < -0.39 is 0 Å². The lowest BCUT2D eigenvalue weighted by Crippen LogP contribution is -2.37. The number of guanidine groups is 1. The van der Waals surface area contributed by atoms with Gasteiger partial charge in [0.1, 0.15) is 0 Å². The molecule has 0 aliphatic carbocycles. The molecule has 5 nitrogen and oxygen atoms in total. The highest BCUT2D eigenvalue weighted by Crippen LogP contribution is 2.19. The third-order valence-corrected chi connectivity index (χ3v) is 4.80. The Bertz CT molecular complexity index is 694. The Morgan fingerprint density at radius 2 is 1.70 bits per heavy atom. The number of benzene rings is 2. The van der Waals surface area contributed by atoms with Gasteiger partial charge < -0.3 is 15.8 Å². The molecule has 1 aliphatic rings. The fourth-order valence-corrected chi connectivity index (χ4v) is 3.20. The zero-order valence-electron chi connectivity index (χ0n) is 15.9. The van der Waals surface area contributed by atoms with Crippen molar-refractivity contribution >= 4 is 5.96 Å². The molecule has 2 aromatic rings. The van der Waals surface area contributed by atoms with Crippen molar-refractivity contribution in [3.8, 4) is 11.1 Å². The lowest BCUT2D eigenvalue weighted by molar-refractivity contribution is 0.0377. The standard InChI is InChI=1S/C22H30N4O/c23-22(24-12-4-14-26-15-17-27-18-16-26)25-13-11-19-7-9-21(10-8-19)20-5-2-1-3-6-20/h1-3,5-10H,4,11-18H2,(H3,23,24,25). The molecule has 5 heteroatoms. The summed E-state index contributed by atoms with van der Waals surface area (Å²) in [7, 11) is 0. The SMILES string of the molecule is NC(=NCCCN1CCOCC1)NCCc1ccc(-c2ccccc2)cc1. The van der Waals surface area contributed by atoms with Crippen molar-refractivity contribution in [2.24, 2.45) is 10.7 Å². The van der Waals surface area contributed by atoms with Crippen LogP contribution in [-0.4, -0.2) is 56.8 Å². The van der Waals surface area contributed by atoms with E-state index in [0.717, 1.165) is 58.8 Å². The van der Waals surface area contributed by atoms with Gasteiger partial charge in [-0.05, 0) is 29.5 Å². The van der Waals surface area contributed by atoms with Crippen LogP contribution >= 0.6 is 0 Å². The van der Waals surface area contributed by atoms with E-state index in [1.165, 1.54) is 16.7 Å². The highest BCUT2D eigenvalue weighted by molar-refractivity contribution is 5.77. The molecule has 1 heterocycles. The molecule has 1 aliphatic heterocycles. The molecular weight excluding hydrogens is 336 g/mol. The molecule has 144 valence electrons. The van der Waals surface area contributed by atoms with Crippen LogP contribution in [0.2, 0.25) is 0 Å². The summed E-state index contributed by atoms with van der Waals surface area (Å²) in [5.74, 6) is 0.540. The third-order valence-electron chi connectivity index (χ3n) is 4.80. The lowest BCUT2D eigenvalue weighted by atomic mass is 10.0. The van der Waals surface area contributed by atoms with E-state index in [4.69, 9.17) is 10.5 Å². The summed E-state index contributed by atoms with van der Waals surface area (Å²) in [6.07, 6.45) is 1.96. The summed E-state index contributed by atoms with van der Waals surface area (Å²) in [5, 5.41) is 3.21. The minimum atomic E-state index is 0.540. The summed E-state index contributed by atoms with van der Waals surface area (Å²) in [5.41, 5.74) is 9.75. The van der Waals surface area contributed by atoms with Crippen LogP contribution in [0.15, 0.2) is 59.6 Å². The zero-order valence-corrected chi connectivity index (χ0v) is 15.9. The van der Waals surface area contributed by atoms with Crippen LogP contribution in [0.3, 0.4) is 0 Å². The Morgan fingerprint density at radius 3 is 2.44 bits per heavy atom. The Balaban J connectivity index is 1.33. The van der Waals surface area contributed by atoms with Crippen molar-refractivity contribution in [1.29, 1.82) is 0 Å². The summed E-state index contributed by atoms with van der Waals surface area (Å²) < 4.78 is 5.35. The van der Waals surface area contributed by atoms with Crippen molar-refractivity contribution in [1.82, 2.24) is 10.2 Å². The zero-order chi connectivity index (χ0) is 18.7. The van der Waals surface area contributed by atoms with Gasteiger partial charge in [0.15, 0.2) is 5.96 Å². The van der Waals surface area contributed by atoms with Crippen LogP contribution in [0, 0.1) is 0 Å². The number of rotatable bonds is 8. The lowest BCUT2D eigenvalue weighted by Gasteiger charge is -2.26. The highest BCUT2D eigenvalue weighted by Gasteiger charge is 2.08. The number of morpholine rings is 1. The molecule has 0 unspecified atom stereocenters. The van der Waals surface area contributed by atoms with Gasteiger partial charge in [-0.2, -0.15) is 0 Å². The first-order valence-corrected chi connectivity index (χ1v) is 9.79. The van der Waals surface area contributed by atoms with Crippen molar-refractivity contribution in [2.75, 3.05) is 45.9 Å². The van der Waals surface area contributed by atoms with Crippen molar-refractivity contribution in [3.63, 3.8) is 0 Å². The Morgan fingerprint density at radius 1 is 1.00 bits per heavy atom. The van der Waals surface area contributed by atoms with Gasteiger partial charge in [0.2, 0.25) is 0 Å². The summed E-state index contributed by atoms with van der Waals surface area (Å²) in [6, 6.07) is 19.1. The molecule has 0 saturated carbocycles. The van der Waals surface area contributed by atoms with Crippen LogP contribution in [0.4, 0.5) is 0 Å². The molecule has 2 aromatic carbocycles. The smallest absolute Gasteiger partial charge is 0.188 e. The number of aliphatic imine (C=N–C) groups is 1. The van der Waals surface area contributed by atoms with Crippen LogP contribution in [0.1, 0.15) is 12.0 Å². The van der Waals surface area contributed by atoms with Crippen molar-refractivity contribution in [2.45, 2.75) is 12.8 Å². The fourth-order valence-electron chi connectivity index (χ4n) is 3.20. The fraction of sp³-hybridized carbons (Fsp3) is 0.409. The second-order valence-electron chi connectivity index (χ2n) is 6.81. The first-order chi connectivity index (χ1) is 13.3. The normalized spacial score (nSPS) is 15.6. The molecule has 0 atom stereocenters. The van der Waals surface area contributed by atoms with Gasteiger partial charge in [0.05, 0.1) is 13.2 Å². The predicted octanol–water partition coefficient (Wildman–Crippen LogP) is 2.52. The molecule has 0 aromatic heterocycles. The van der Waals surface area contributed by atoms with E-state index in [1.54, 1.807) is 0 Å². The van der Waals surface area contributed by atoms with Gasteiger partial charge in [-0.25, -0.2) is 0 Å². The average Bonchev–Trinajstić information content (AvgIpc) is 2.73. The molecule has 27 heavy (non-hydrogen) atoms. The summed E-state index contributed by atoms with van der Waals surface area (Å²) in [6.45, 7) is 6.37. The van der Waals surface area contributed by atoms with Crippen LogP contribution in [0.25, 0.3) is 11.1 Å². The monoisotopic (exact) mass is 366 g/mol. The van der Waals surface area contributed by atoms with Gasteiger partial charge in [-0.1, -0.05) is 54.6 Å². The topological polar surface area (TPSA) is 62.9 Å². The second-order valence-corrected chi connectivity index (χ2v) is 6.81. The van der Waals surface area contributed by atoms with E-state index in [-0.39, 0.29) is 0 Å². The molecule has 0 radical (unpaired) electrons. The largest absolute Gasteiger partial charge is 0.379 e. The maximum absolute atomic E-state index is 5.96. The van der Waals surface area contributed by atoms with Crippen LogP contribution < -0.4 is 11.1 Å². The van der Waals surface area contributed by atoms with Crippen molar-refractivity contribution < 1.29 is 4.74 Å². The minimum Gasteiger partial charge on any atom is -0.379 e. The van der Waals surface area contributed by atoms with E-state index >= 15 is 0 Å². The maximum Gasteiger partial charge on any atom is 0.188 e. The first kappa shape index (κ1) is 19.4. The number of nitrogens with two attached hydrogens (primary N) is 1. The number of hydrogen-bond acceptors (Lipinski definition) is 3. The molecule has 3 rings (SSSR count). The molecule has 0 spiro atoms. The summed E-state index contributed by atoms with van der Waals surface area (Å²) >= 11 is 0. The number of ether oxygens (including phenoxy) is 1. The van der Waals surface area contributed by atoms with E-state index in [9.17, 15) is 0 Å². The molecule has 1 fully saturated rings. The maximum atomic E-state index is 5.96. The molecule has 0 amide bonds. The Labute approximate surface area is 162 Å². The predicted molar refractivity (Wildman–Crippen MR) is 112 cm³/mol. The number of hydrogen-bond donors (Lipinski definition) is 2. The Kier molecular flexibility index (Phi) is 7.69. The van der Waals surface area contributed by atoms with E-state index in [1.807, 2.05) is 6.07 Å².